The summed E-state index contributed by atoms with van der Waals surface area (Å²) in [7, 11) is 1.63. The predicted molar refractivity (Wildman–Crippen MR) is 72.8 cm³/mol. The first-order valence-electron chi connectivity index (χ1n) is 5.97. The molecule has 1 aliphatic rings. The Morgan fingerprint density at radius 2 is 2.20 bits per heavy atom. The molecule has 0 spiro atoms. The van der Waals surface area contributed by atoms with Crippen LogP contribution in [0.5, 0.6) is 0 Å². The fourth-order valence-electron chi connectivity index (χ4n) is 2.18. The third kappa shape index (κ3) is 1.83. The van der Waals surface area contributed by atoms with Crippen molar-refractivity contribution in [1.29, 1.82) is 0 Å². The monoisotopic (exact) mass is 273 g/mol. The number of carbonyl (C=O) groups excluding carboxylic acids is 1. The van der Waals surface area contributed by atoms with E-state index in [2.05, 4.69) is 9.97 Å². The van der Waals surface area contributed by atoms with Crippen LogP contribution in [0.3, 0.4) is 0 Å². The molecule has 20 heavy (non-hydrogen) atoms. The van der Waals surface area contributed by atoms with Crippen LogP contribution in [0, 0.1) is 5.82 Å². The SMILES string of the molecule is CN1C(=O)N(c2ccc(F)c(N)c2)Cc2cncnc21. The van der Waals surface area contributed by atoms with Gasteiger partial charge in [0.05, 0.1) is 12.2 Å². The molecule has 1 aromatic heterocycles. The first-order valence-corrected chi connectivity index (χ1v) is 5.97. The Morgan fingerprint density at radius 1 is 1.40 bits per heavy atom. The number of carbonyl (C=O) groups is 1. The summed E-state index contributed by atoms with van der Waals surface area (Å²) in [6, 6.07) is 3.96. The summed E-state index contributed by atoms with van der Waals surface area (Å²) in [5.74, 6) is 0.0756. The van der Waals surface area contributed by atoms with Gasteiger partial charge in [0.1, 0.15) is 18.0 Å². The minimum atomic E-state index is -0.504. The molecule has 0 saturated heterocycles. The van der Waals surface area contributed by atoms with E-state index in [9.17, 15) is 9.18 Å². The Labute approximate surface area is 114 Å². The zero-order chi connectivity index (χ0) is 14.3. The molecule has 2 amide bonds. The smallest absolute Gasteiger partial charge is 0.330 e. The largest absolute Gasteiger partial charge is 0.396 e. The van der Waals surface area contributed by atoms with Crippen molar-refractivity contribution in [2.24, 2.45) is 0 Å². The van der Waals surface area contributed by atoms with Crippen LogP contribution in [0.25, 0.3) is 0 Å². The lowest BCUT2D eigenvalue weighted by atomic mass is 10.2. The molecule has 102 valence electrons. The van der Waals surface area contributed by atoms with Crippen LogP contribution in [0.4, 0.5) is 26.4 Å². The third-order valence-corrected chi connectivity index (χ3v) is 3.22. The number of aromatic nitrogens is 2. The highest BCUT2D eigenvalue weighted by Gasteiger charge is 2.30. The average molecular weight is 273 g/mol. The van der Waals surface area contributed by atoms with Gasteiger partial charge in [-0.25, -0.2) is 19.2 Å². The van der Waals surface area contributed by atoms with E-state index in [0.29, 0.717) is 18.1 Å². The number of hydrogen-bond donors (Lipinski definition) is 1. The number of hydrogen-bond acceptors (Lipinski definition) is 4. The molecule has 2 aromatic rings. The van der Waals surface area contributed by atoms with Gasteiger partial charge in [-0.3, -0.25) is 9.80 Å². The van der Waals surface area contributed by atoms with Crippen molar-refractivity contribution in [3.63, 3.8) is 0 Å². The summed E-state index contributed by atoms with van der Waals surface area (Å²) < 4.78 is 13.2. The number of nitrogen functional groups attached to an aromatic ring is 1. The molecule has 0 bridgehead atoms. The molecule has 1 aromatic carbocycles. The molecule has 0 radical (unpaired) electrons. The molecule has 0 atom stereocenters. The van der Waals surface area contributed by atoms with Crippen molar-refractivity contribution < 1.29 is 9.18 Å². The van der Waals surface area contributed by atoms with E-state index in [1.165, 1.54) is 34.3 Å². The quantitative estimate of drug-likeness (QED) is 0.803. The van der Waals surface area contributed by atoms with Gasteiger partial charge in [0.25, 0.3) is 0 Å². The van der Waals surface area contributed by atoms with Crippen molar-refractivity contribution in [1.82, 2.24) is 9.97 Å². The summed E-state index contributed by atoms with van der Waals surface area (Å²) in [5, 5.41) is 0. The Hall–Kier alpha value is -2.70. The van der Waals surface area contributed by atoms with E-state index < -0.39 is 5.82 Å². The molecule has 1 aliphatic heterocycles. The Balaban J connectivity index is 2.03. The van der Waals surface area contributed by atoms with Gasteiger partial charge in [-0.2, -0.15) is 0 Å². The Morgan fingerprint density at radius 3 is 2.95 bits per heavy atom. The second kappa shape index (κ2) is 4.44. The van der Waals surface area contributed by atoms with Gasteiger partial charge < -0.3 is 5.73 Å². The summed E-state index contributed by atoms with van der Waals surface area (Å²) in [6.45, 7) is 0.324. The molecule has 0 aliphatic carbocycles. The zero-order valence-electron chi connectivity index (χ0n) is 10.7. The standard InChI is InChI=1S/C13H12FN5O/c1-18-12-8(5-16-7-17-12)6-19(13(18)20)9-2-3-10(14)11(15)4-9/h2-5,7H,6,15H2,1H3. The molecule has 0 fully saturated rings. The molecule has 6 nitrogen and oxygen atoms in total. The minimum absolute atomic E-state index is 0.00746. The number of amides is 2. The van der Waals surface area contributed by atoms with Crippen LogP contribution in [0.2, 0.25) is 0 Å². The normalized spacial score (nSPS) is 14.4. The van der Waals surface area contributed by atoms with Crippen molar-refractivity contribution in [3.05, 3.63) is 42.1 Å². The number of fused-ring (bicyclic) bond motifs is 1. The fraction of sp³-hybridized carbons (Fsp3) is 0.154. The highest BCUT2D eigenvalue weighted by Crippen LogP contribution is 2.29. The van der Waals surface area contributed by atoms with Crippen molar-refractivity contribution in [2.45, 2.75) is 6.54 Å². The molecule has 2 heterocycles. The summed E-state index contributed by atoms with van der Waals surface area (Å²) in [4.78, 5) is 23.3. The van der Waals surface area contributed by atoms with Crippen LogP contribution in [-0.2, 0) is 6.54 Å². The number of anilines is 3. The van der Waals surface area contributed by atoms with Crippen molar-refractivity contribution >= 4 is 23.2 Å². The lowest BCUT2D eigenvalue weighted by molar-refractivity contribution is 0.251. The summed E-state index contributed by atoms with van der Waals surface area (Å²) in [6.07, 6.45) is 3.05. The average Bonchev–Trinajstić information content (AvgIpc) is 2.46. The lowest BCUT2D eigenvalue weighted by Crippen LogP contribution is -2.45. The maximum absolute atomic E-state index is 13.2. The van der Waals surface area contributed by atoms with Gasteiger partial charge in [-0.15, -0.1) is 0 Å². The first-order chi connectivity index (χ1) is 9.58. The van der Waals surface area contributed by atoms with E-state index in [4.69, 9.17) is 5.73 Å². The van der Waals surface area contributed by atoms with Gasteiger partial charge >= 0.3 is 6.03 Å². The van der Waals surface area contributed by atoms with Gasteiger partial charge in [0, 0.05) is 24.5 Å². The number of benzene rings is 1. The minimum Gasteiger partial charge on any atom is -0.396 e. The third-order valence-electron chi connectivity index (χ3n) is 3.22. The van der Waals surface area contributed by atoms with Crippen LogP contribution in [0.1, 0.15) is 5.56 Å². The summed E-state index contributed by atoms with van der Waals surface area (Å²) in [5.41, 5.74) is 6.91. The van der Waals surface area contributed by atoms with E-state index >= 15 is 0 Å². The maximum atomic E-state index is 13.2. The second-order valence-electron chi connectivity index (χ2n) is 4.51. The first kappa shape index (κ1) is 12.3. The van der Waals surface area contributed by atoms with E-state index in [1.54, 1.807) is 13.2 Å². The van der Waals surface area contributed by atoms with Crippen LogP contribution in [-0.4, -0.2) is 23.0 Å². The van der Waals surface area contributed by atoms with Crippen molar-refractivity contribution in [2.75, 3.05) is 22.6 Å². The fourth-order valence-corrected chi connectivity index (χ4v) is 2.18. The second-order valence-corrected chi connectivity index (χ2v) is 4.51. The number of rotatable bonds is 1. The molecule has 7 heteroatoms. The predicted octanol–water partition coefficient (Wildman–Crippen LogP) is 1.77. The van der Waals surface area contributed by atoms with Gasteiger partial charge in [-0.05, 0) is 18.2 Å². The van der Waals surface area contributed by atoms with E-state index in [1.807, 2.05) is 0 Å². The molecule has 2 N–H and O–H groups in total. The van der Waals surface area contributed by atoms with E-state index in [-0.39, 0.29) is 11.7 Å². The number of urea groups is 1. The molecule has 0 unspecified atom stereocenters. The highest BCUT2D eigenvalue weighted by molar-refractivity contribution is 6.05. The van der Waals surface area contributed by atoms with Crippen LogP contribution < -0.4 is 15.5 Å². The van der Waals surface area contributed by atoms with Gasteiger partial charge in [0.2, 0.25) is 0 Å². The maximum Gasteiger partial charge on any atom is 0.330 e. The molecular formula is C13H12FN5O. The lowest BCUT2D eigenvalue weighted by Gasteiger charge is -2.33. The number of halogens is 1. The van der Waals surface area contributed by atoms with E-state index in [0.717, 1.165) is 5.56 Å². The Kier molecular flexibility index (Phi) is 2.74. The Bertz CT molecular complexity index is 690. The van der Waals surface area contributed by atoms with Gasteiger partial charge in [-0.1, -0.05) is 0 Å². The highest BCUT2D eigenvalue weighted by atomic mass is 19.1. The van der Waals surface area contributed by atoms with Crippen molar-refractivity contribution in [3.8, 4) is 0 Å². The molecular weight excluding hydrogens is 261 g/mol. The topological polar surface area (TPSA) is 75.4 Å². The molecule has 0 saturated carbocycles. The number of nitrogens with zero attached hydrogens (tertiary/aromatic N) is 4. The van der Waals surface area contributed by atoms with Crippen LogP contribution in [0.15, 0.2) is 30.7 Å². The zero-order valence-corrected chi connectivity index (χ0v) is 10.7. The number of nitrogens with two attached hydrogens (primary N) is 1. The van der Waals surface area contributed by atoms with Crippen LogP contribution >= 0.6 is 0 Å². The van der Waals surface area contributed by atoms with Gasteiger partial charge in [0.15, 0.2) is 0 Å². The summed E-state index contributed by atoms with van der Waals surface area (Å²) >= 11 is 0. The molecule has 3 rings (SSSR count).